The number of carbonyl (C=O) groups is 1. The van der Waals surface area contributed by atoms with E-state index in [0.29, 0.717) is 11.3 Å². The van der Waals surface area contributed by atoms with Gasteiger partial charge in [0.2, 0.25) is 0 Å². The van der Waals surface area contributed by atoms with E-state index in [1.165, 1.54) is 0 Å². The first-order valence-electron chi connectivity index (χ1n) is 7.44. The lowest BCUT2D eigenvalue weighted by Gasteiger charge is -2.10. The number of nitrogens with one attached hydrogen (secondary N) is 2. The predicted molar refractivity (Wildman–Crippen MR) is 88.9 cm³/mol. The Bertz CT molecular complexity index is 825. The van der Waals surface area contributed by atoms with Crippen LogP contribution in [0, 0.1) is 6.92 Å². The number of hydrogen-bond acceptors (Lipinski definition) is 3. The van der Waals surface area contributed by atoms with Crippen molar-refractivity contribution in [3.05, 3.63) is 59.7 Å². The quantitative estimate of drug-likeness (QED) is 0.885. The Morgan fingerprint density at radius 1 is 1.09 bits per heavy atom. The number of rotatable bonds is 5. The molecule has 23 heavy (non-hydrogen) atoms. The highest BCUT2D eigenvalue weighted by Gasteiger charge is 2.24. The standard InChI is InChI=1S/C17H18N2O3S/c1-12-5-9-16(10-6-12)23(21,22)19-15-4-2-3-13(11-15)17(20)18-14-7-8-14/h2-6,9-11,14,19H,7-8H2,1H3,(H,18,20). The van der Waals surface area contributed by atoms with Gasteiger partial charge < -0.3 is 5.32 Å². The molecular formula is C17H18N2O3S. The molecule has 0 aromatic heterocycles. The van der Waals surface area contributed by atoms with Crippen LogP contribution in [0.25, 0.3) is 0 Å². The first-order chi connectivity index (χ1) is 10.9. The Hall–Kier alpha value is -2.34. The van der Waals surface area contributed by atoms with E-state index in [9.17, 15) is 13.2 Å². The van der Waals surface area contributed by atoms with Crippen LogP contribution in [-0.2, 0) is 10.0 Å². The summed E-state index contributed by atoms with van der Waals surface area (Å²) in [5, 5.41) is 2.88. The van der Waals surface area contributed by atoms with Gasteiger partial charge in [0, 0.05) is 17.3 Å². The zero-order valence-corrected chi connectivity index (χ0v) is 13.6. The van der Waals surface area contributed by atoms with Crippen molar-refractivity contribution in [1.29, 1.82) is 0 Å². The van der Waals surface area contributed by atoms with Crippen LogP contribution in [0.3, 0.4) is 0 Å². The molecule has 0 aliphatic heterocycles. The second-order valence-corrected chi connectivity index (χ2v) is 7.43. The maximum atomic E-state index is 12.4. The average molecular weight is 330 g/mol. The zero-order chi connectivity index (χ0) is 16.4. The second-order valence-electron chi connectivity index (χ2n) is 5.75. The Kier molecular flexibility index (Phi) is 4.09. The average Bonchev–Trinajstić information content (AvgIpc) is 3.31. The van der Waals surface area contributed by atoms with Crippen molar-refractivity contribution >= 4 is 21.6 Å². The minimum absolute atomic E-state index is 0.177. The molecule has 2 aromatic rings. The monoisotopic (exact) mass is 330 g/mol. The number of sulfonamides is 1. The molecule has 2 N–H and O–H groups in total. The van der Waals surface area contributed by atoms with E-state index in [-0.39, 0.29) is 16.8 Å². The van der Waals surface area contributed by atoms with Crippen LogP contribution in [0.5, 0.6) is 0 Å². The molecular weight excluding hydrogens is 312 g/mol. The fraction of sp³-hybridized carbons (Fsp3) is 0.235. The van der Waals surface area contributed by atoms with E-state index >= 15 is 0 Å². The number of anilines is 1. The maximum Gasteiger partial charge on any atom is 0.261 e. The molecule has 120 valence electrons. The molecule has 5 nitrogen and oxygen atoms in total. The number of aryl methyl sites for hydroxylation is 1. The number of amides is 1. The van der Waals surface area contributed by atoms with Gasteiger partial charge in [-0.2, -0.15) is 0 Å². The third-order valence-corrected chi connectivity index (χ3v) is 5.02. The van der Waals surface area contributed by atoms with Gasteiger partial charge in [-0.15, -0.1) is 0 Å². The lowest BCUT2D eigenvalue weighted by molar-refractivity contribution is 0.0951. The first kappa shape index (κ1) is 15.6. The van der Waals surface area contributed by atoms with Gasteiger partial charge in [0.25, 0.3) is 15.9 Å². The first-order valence-corrected chi connectivity index (χ1v) is 8.93. The van der Waals surface area contributed by atoms with E-state index in [2.05, 4.69) is 10.0 Å². The molecule has 0 heterocycles. The molecule has 1 amide bonds. The third-order valence-electron chi connectivity index (χ3n) is 3.62. The molecule has 1 fully saturated rings. The van der Waals surface area contributed by atoms with Crippen LogP contribution in [0.2, 0.25) is 0 Å². The van der Waals surface area contributed by atoms with Gasteiger partial charge in [0.05, 0.1) is 4.90 Å². The minimum atomic E-state index is -3.66. The van der Waals surface area contributed by atoms with Gasteiger partial charge in [-0.25, -0.2) is 8.42 Å². The second kappa shape index (κ2) is 6.04. The van der Waals surface area contributed by atoms with Gasteiger partial charge >= 0.3 is 0 Å². The fourth-order valence-corrected chi connectivity index (χ4v) is 3.20. The van der Waals surface area contributed by atoms with Crippen LogP contribution < -0.4 is 10.0 Å². The number of hydrogen-bond donors (Lipinski definition) is 2. The van der Waals surface area contributed by atoms with Crippen molar-refractivity contribution < 1.29 is 13.2 Å². The molecule has 0 saturated heterocycles. The van der Waals surface area contributed by atoms with Gasteiger partial charge in [0.15, 0.2) is 0 Å². The molecule has 0 spiro atoms. The van der Waals surface area contributed by atoms with Gasteiger partial charge in [-0.05, 0) is 50.1 Å². The highest BCUT2D eigenvalue weighted by Crippen LogP contribution is 2.21. The van der Waals surface area contributed by atoms with Crippen LogP contribution in [0.15, 0.2) is 53.4 Å². The van der Waals surface area contributed by atoms with Crippen molar-refractivity contribution in [2.75, 3.05) is 4.72 Å². The van der Waals surface area contributed by atoms with Crippen molar-refractivity contribution in [3.8, 4) is 0 Å². The third kappa shape index (κ3) is 3.90. The maximum absolute atomic E-state index is 12.4. The Balaban J connectivity index is 1.79. The van der Waals surface area contributed by atoms with E-state index < -0.39 is 10.0 Å². The zero-order valence-electron chi connectivity index (χ0n) is 12.7. The predicted octanol–water partition coefficient (Wildman–Crippen LogP) is 2.69. The minimum Gasteiger partial charge on any atom is -0.349 e. The number of benzene rings is 2. The molecule has 0 unspecified atom stereocenters. The molecule has 0 radical (unpaired) electrons. The Labute approximate surface area is 135 Å². The van der Waals surface area contributed by atoms with Crippen LogP contribution in [0.1, 0.15) is 28.8 Å². The topological polar surface area (TPSA) is 75.3 Å². The molecule has 0 bridgehead atoms. The summed E-state index contributed by atoms with van der Waals surface area (Å²) in [5.41, 5.74) is 1.80. The molecule has 0 atom stereocenters. The van der Waals surface area contributed by atoms with Crippen LogP contribution >= 0.6 is 0 Å². The highest BCUT2D eigenvalue weighted by molar-refractivity contribution is 7.92. The molecule has 6 heteroatoms. The smallest absolute Gasteiger partial charge is 0.261 e. The van der Waals surface area contributed by atoms with E-state index in [1.54, 1.807) is 48.5 Å². The highest BCUT2D eigenvalue weighted by atomic mass is 32.2. The summed E-state index contributed by atoms with van der Waals surface area (Å²) in [5.74, 6) is -0.177. The molecule has 2 aromatic carbocycles. The molecule has 1 saturated carbocycles. The summed E-state index contributed by atoms with van der Waals surface area (Å²) in [7, 11) is -3.66. The molecule has 1 aliphatic carbocycles. The van der Waals surface area contributed by atoms with Crippen LogP contribution in [-0.4, -0.2) is 20.4 Å². The van der Waals surface area contributed by atoms with Crippen molar-refractivity contribution in [2.45, 2.75) is 30.7 Å². The summed E-state index contributed by atoms with van der Waals surface area (Å²) < 4.78 is 27.3. The summed E-state index contributed by atoms with van der Waals surface area (Å²) in [6.07, 6.45) is 2.01. The summed E-state index contributed by atoms with van der Waals surface area (Å²) in [6, 6.07) is 13.4. The molecule has 1 aliphatic rings. The van der Waals surface area contributed by atoms with Gasteiger partial charge in [-0.3, -0.25) is 9.52 Å². The van der Waals surface area contributed by atoms with Crippen molar-refractivity contribution in [3.63, 3.8) is 0 Å². The van der Waals surface area contributed by atoms with Crippen molar-refractivity contribution in [1.82, 2.24) is 5.32 Å². The van der Waals surface area contributed by atoms with Gasteiger partial charge in [0.1, 0.15) is 0 Å². The SMILES string of the molecule is Cc1ccc(S(=O)(=O)Nc2cccc(C(=O)NC3CC3)c2)cc1. The van der Waals surface area contributed by atoms with E-state index in [0.717, 1.165) is 18.4 Å². The Morgan fingerprint density at radius 2 is 1.78 bits per heavy atom. The van der Waals surface area contributed by atoms with E-state index in [1.807, 2.05) is 6.92 Å². The Morgan fingerprint density at radius 3 is 2.43 bits per heavy atom. The van der Waals surface area contributed by atoms with Crippen LogP contribution in [0.4, 0.5) is 5.69 Å². The van der Waals surface area contributed by atoms with Gasteiger partial charge in [-0.1, -0.05) is 23.8 Å². The summed E-state index contributed by atoms with van der Waals surface area (Å²) in [6.45, 7) is 1.89. The molecule has 3 rings (SSSR count). The fourth-order valence-electron chi connectivity index (χ4n) is 2.15. The number of carbonyl (C=O) groups excluding carboxylic acids is 1. The van der Waals surface area contributed by atoms with E-state index in [4.69, 9.17) is 0 Å². The van der Waals surface area contributed by atoms with Crippen molar-refractivity contribution in [2.24, 2.45) is 0 Å². The summed E-state index contributed by atoms with van der Waals surface area (Å²) in [4.78, 5) is 12.2. The lowest BCUT2D eigenvalue weighted by Crippen LogP contribution is -2.25. The largest absolute Gasteiger partial charge is 0.349 e. The summed E-state index contributed by atoms with van der Waals surface area (Å²) >= 11 is 0. The normalized spacial score (nSPS) is 14.3. The lowest BCUT2D eigenvalue weighted by atomic mass is 10.2.